The van der Waals surface area contributed by atoms with Gasteiger partial charge in [-0.15, -0.1) is 0 Å². The average Bonchev–Trinajstić information content (AvgIpc) is 2.86. The molecule has 1 atom stereocenters. The quantitative estimate of drug-likeness (QED) is 0.424. The molecule has 0 aliphatic heterocycles. The molecule has 2 aromatic carbocycles. The van der Waals surface area contributed by atoms with Gasteiger partial charge >= 0.3 is 0 Å². The van der Waals surface area contributed by atoms with Gasteiger partial charge in [0.25, 0.3) is 5.91 Å². The highest BCUT2D eigenvalue weighted by Gasteiger charge is 2.15. The number of amides is 1. The number of carbonyl (C=O) groups excluding carboxylic acids is 1. The van der Waals surface area contributed by atoms with Crippen molar-refractivity contribution >= 4 is 36.1 Å². The second-order valence-corrected chi connectivity index (χ2v) is 7.48. The van der Waals surface area contributed by atoms with E-state index in [2.05, 4.69) is 38.6 Å². The zero-order valence-corrected chi connectivity index (χ0v) is 19.8. The van der Waals surface area contributed by atoms with E-state index in [1.165, 1.54) is 0 Å². The van der Waals surface area contributed by atoms with E-state index in [4.69, 9.17) is 4.74 Å². The predicted octanol–water partition coefficient (Wildman–Crippen LogP) is 4.39. The molecule has 170 valence electrons. The summed E-state index contributed by atoms with van der Waals surface area (Å²) < 4.78 is 5.22. The molecule has 8 heteroatoms. The molecule has 0 bridgehead atoms. The maximum atomic E-state index is 12.2. The Bertz CT molecular complexity index is 1250. The van der Waals surface area contributed by atoms with Gasteiger partial charge in [-0.05, 0) is 35.9 Å². The van der Waals surface area contributed by atoms with Crippen LogP contribution in [0.3, 0.4) is 0 Å². The number of para-hydroxylation sites is 1. The average molecular weight is 462 g/mol. The molecule has 7 nitrogen and oxygen atoms in total. The summed E-state index contributed by atoms with van der Waals surface area (Å²) in [6.45, 7) is 2.78. The number of hydrogen-bond acceptors (Lipinski definition) is 6. The second kappa shape index (κ2) is 10.8. The third-order valence-electron chi connectivity index (χ3n) is 5.45. The summed E-state index contributed by atoms with van der Waals surface area (Å²) in [4.78, 5) is 25.5. The van der Waals surface area contributed by atoms with E-state index in [9.17, 15) is 4.79 Å². The number of aromatic nitrogens is 3. The van der Waals surface area contributed by atoms with Crippen LogP contribution in [-0.2, 0) is 0 Å². The zero-order valence-electron chi connectivity index (χ0n) is 18.8. The molecular weight excluding hydrogens is 434 g/mol. The number of nitrogens with zero attached hydrogens (tertiary/aromatic N) is 3. The fourth-order valence-corrected chi connectivity index (χ4v) is 3.67. The highest BCUT2D eigenvalue weighted by molar-refractivity contribution is 7.59. The van der Waals surface area contributed by atoms with Crippen molar-refractivity contribution in [1.82, 2.24) is 20.3 Å². The van der Waals surface area contributed by atoms with Crippen LogP contribution in [0.2, 0.25) is 0 Å². The Hall–Kier alpha value is -3.65. The van der Waals surface area contributed by atoms with Crippen molar-refractivity contribution in [1.29, 1.82) is 0 Å². The third kappa shape index (κ3) is 5.23. The van der Waals surface area contributed by atoms with E-state index in [0.29, 0.717) is 12.1 Å². The molecule has 0 spiro atoms. The van der Waals surface area contributed by atoms with Crippen LogP contribution in [0.25, 0.3) is 22.2 Å². The van der Waals surface area contributed by atoms with Crippen molar-refractivity contribution in [3.05, 3.63) is 78.2 Å². The maximum absolute atomic E-state index is 12.2. The molecule has 4 aromatic rings. The largest absolute Gasteiger partial charge is 0.497 e. The molecular formula is C25H27N5O2S. The maximum Gasteiger partial charge on any atom is 0.251 e. The fraction of sp³-hybridized carbons (Fsp3) is 0.200. The van der Waals surface area contributed by atoms with Crippen LogP contribution in [0.4, 0.5) is 5.82 Å². The highest BCUT2D eigenvalue weighted by atomic mass is 32.1. The first-order valence-electron chi connectivity index (χ1n) is 10.4. The number of hydrogen-bond donors (Lipinski definition) is 2. The molecule has 1 amide bonds. The lowest BCUT2D eigenvalue weighted by atomic mass is 9.96. The summed E-state index contributed by atoms with van der Waals surface area (Å²) in [6, 6.07) is 17.4. The van der Waals surface area contributed by atoms with Crippen molar-refractivity contribution < 1.29 is 9.53 Å². The van der Waals surface area contributed by atoms with Gasteiger partial charge in [0.2, 0.25) is 0 Å². The third-order valence-corrected chi connectivity index (χ3v) is 5.45. The van der Waals surface area contributed by atoms with Crippen molar-refractivity contribution in [2.75, 3.05) is 26.0 Å². The molecule has 2 heterocycles. The van der Waals surface area contributed by atoms with Gasteiger partial charge in [-0.3, -0.25) is 9.78 Å². The number of rotatable bonds is 7. The summed E-state index contributed by atoms with van der Waals surface area (Å²) >= 11 is 0. The van der Waals surface area contributed by atoms with Gasteiger partial charge in [0, 0.05) is 42.7 Å². The lowest BCUT2D eigenvalue weighted by Gasteiger charge is -2.16. The van der Waals surface area contributed by atoms with Gasteiger partial charge in [0.15, 0.2) is 0 Å². The molecule has 0 radical (unpaired) electrons. The molecule has 33 heavy (non-hydrogen) atoms. The Morgan fingerprint density at radius 2 is 1.85 bits per heavy atom. The number of fused-ring (bicyclic) bond motifs is 1. The highest BCUT2D eigenvalue weighted by Crippen LogP contribution is 2.27. The standard InChI is InChI=1S/C25H25N5O2.H2S/c1-16(19-5-4-6-20-21(25(31)26-2)11-12-27-24(19)20)14-28-23-13-22(29-15-30-23)17-7-9-18(32-3)10-8-17;/h4-13,15-16H,14H2,1-3H3,(H,26,31)(H,28,29,30);1H2/t16-;/m1./s1. The molecule has 0 aliphatic rings. The molecule has 0 unspecified atom stereocenters. The molecule has 2 N–H and O–H groups in total. The van der Waals surface area contributed by atoms with E-state index in [0.717, 1.165) is 39.3 Å². The minimum absolute atomic E-state index is 0. The number of methoxy groups -OCH3 is 1. The van der Waals surface area contributed by atoms with Gasteiger partial charge in [-0.2, -0.15) is 13.5 Å². The zero-order chi connectivity index (χ0) is 22.5. The summed E-state index contributed by atoms with van der Waals surface area (Å²) in [6.07, 6.45) is 3.24. The minimum Gasteiger partial charge on any atom is -0.497 e. The van der Waals surface area contributed by atoms with E-state index >= 15 is 0 Å². The topological polar surface area (TPSA) is 89.0 Å². The van der Waals surface area contributed by atoms with Gasteiger partial charge in [-0.1, -0.05) is 25.1 Å². The van der Waals surface area contributed by atoms with E-state index in [1.807, 2.05) is 42.5 Å². The second-order valence-electron chi connectivity index (χ2n) is 7.48. The van der Waals surface area contributed by atoms with Gasteiger partial charge in [0.1, 0.15) is 17.9 Å². The normalized spacial score (nSPS) is 11.4. The van der Waals surface area contributed by atoms with Crippen LogP contribution >= 0.6 is 13.5 Å². The van der Waals surface area contributed by atoms with E-state index in [-0.39, 0.29) is 25.3 Å². The van der Waals surface area contributed by atoms with Crippen LogP contribution in [0.5, 0.6) is 5.75 Å². The summed E-state index contributed by atoms with van der Waals surface area (Å²) in [5, 5.41) is 6.95. The Morgan fingerprint density at radius 1 is 1.06 bits per heavy atom. The monoisotopic (exact) mass is 461 g/mol. The van der Waals surface area contributed by atoms with Gasteiger partial charge in [0.05, 0.1) is 23.9 Å². The SMILES string of the molecule is CNC(=O)c1ccnc2c([C@H](C)CNc3cc(-c4ccc(OC)cc4)ncn3)cccc12.S. The van der Waals surface area contributed by atoms with Gasteiger partial charge in [-0.25, -0.2) is 9.97 Å². The van der Waals surface area contributed by atoms with Gasteiger partial charge < -0.3 is 15.4 Å². The number of pyridine rings is 1. The number of anilines is 1. The van der Waals surface area contributed by atoms with Crippen LogP contribution in [0, 0.1) is 0 Å². The number of carbonyl (C=O) groups is 1. The van der Waals surface area contributed by atoms with Crippen molar-refractivity contribution in [2.24, 2.45) is 0 Å². The summed E-state index contributed by atoms with van der Waals surface area (Å²) in [5.41, 5.74) is 4.36. The van der Waals surface area contributed by atoms with Crippen LogP contribution in [-0.4, -0.2) is 41.6 Å². The Kier molecular flexibility index (Phi) is 7.84. The summed E-state index contributed by atoms with van der Waals surface area (Å²) in [5.74, 6) is 1.58. The van der Waals surface area contributed by atoms with Crippen LogP contribution in [0.1, 0.15) is 28.8 Å². The first-order chi connectivity index (χ1) is 15.6. The molecule has 4 rings (SSSR count). The van der Waals surface area contributed by atoms with Crippen LogP contribution in [0.15, 0.2) is 67.1 Å². The Morgan fingerprint density at radius 3 is 2.58 bits per heavy atom. The number of benzene rings is 2. The molecule has 0 saturated heterocycles. The fourth-order valence-electron chi connectivity index (χ4n) is 3.67. The van der Waals surface area contributed by atoms with Crippen LogP contribution < -0.4 is 15.4 Å². The predicted molar refractivity (Wildman–Crippen MR) is 136 cm³/mol. The van der Waals surface area contributed by atoms with E-state index in [1.54, 1.807) is 32.7 Å². The molecule has 2 aromatic heterocycles. The molecule has 0 aliphatic carbocycles. The Labute approximate surface area is 200 Å². The first-order valence-corrected chi connectivity index (χ1v) is 10.4. The van der Waals surface area contributed by atoms with E-state index < -0.39 is 0 Å². The number of nitrogens with one attached hydrogen (secondary N) is 2. The minimum atomic E-state index is -0.118. The number of ether oxygens (including phenoxy) is 1. The lowest BCUT2D eigenvalue weighted by molar-refractivity contribution is 0.0964. The smallest absolute Gasteiger partial charge is 0.251 e. The first kappa shape index (κ1) is 24.0. The summed E-state index contributed by atoms with van der Waals surface area (Å²) in [7, 11) is 3.28. The molecule has 0 fully saturated rings. The lowest BCUT2D eigenvalue weighted by Crippen LogP contribution is -2.18. The van der Waals surface area contributed by atoms with Crippen molar-refractivity contribution in [3.63, 3.8) is 0 Å². The Balaban J connectivity index is 0.00000306. The van der Waals surface area contributed by atoms with Crippen molar-refractivity contribution in [2.45, 2.75) is 12.8 Å². The van der Waals surface area contributed by atoms with Crippen molar-refractivity contribution in [3.8, 4) is 17.0 Å². The molecule has 0 saturated carbocycles.